The fraction of sp³-hybridized carbons (Fsp3) is 0.900. The van der Waals surface area contributed by atoms with E-state index in [9.17, 15) is 5.11 Å². The number of aliphatic hydroxyl groups is 1. The lowest BCUT2D eigenvalue weighted by Crippen LogP contribution is -2.61. The molecule has 0 aromatic carbocycles. The molecule has 0 atom stereocenters. The van der Waals surface area contributed by atoms with Crippen molar-refractivity contribution in [2.75, 3.05) is 13.2 Å². The maximum Gasteiger partial charge on any atom is 0.200 e. The van der Waals surface area contributed by atoms with Crippen LogP contribution in [0.15, 0.2) is 11.6 Å². The summed E-state index contributed by atoms with van der Waals surface area (Å²) >= 11 is 0. The number of hydrogen-bond acceptors (Lipinski definition) is 2. The molecule has 0 aromatic rings. The van der Waals surface area contributed by atoms with Crippen molar-refractivity contribution >= 4 is 8.32 Å². The predicted octanol–water partition coefficient (Wildman–Crippen LogP) is 5.68. The molecule has 2 nitrogen and oxygen atoms in total. The van der Waals surface area contributed by atoms with Crippen LogP contribution in [0.1, 0.15) is 74.1 Å². The summed E-state index contributed by atoms with van der Waals surface area (Å²) < 4.78 is 6.73. The van der Waals surface area contributed by atoms with Gasteiger partial charge in [-0.15, -0.1) is 0 Å². The first kappa shape index (κ1) is 19.2. The van der Waals surface area contributed by atoms with Gasteiger partial charge in [-0.3, -0.25) is 0 Å². The first-order chi connectivity index (χ1) is 10.6. The molecule has 3 aliphatic carbocycles. The first-order valence-electron chi connectivity index (χ1n) is 9.54. The minimum absolute atomic E-state index is 0.211. The summed E-state index contributed by atoms with van der Waals surface area (Å²) in [7, 11) is -1.69. The molecule has 0 aliphatic heterocycles. The Morgan fingerprint density at radius 1 is 1.04 bits per heavy atom. The van der Waals surface area contributed by atoms with Gasteiger partial charge in [0, 0.05) is 6.61 Å². The topological polar surface area (TPSA) is 29.5 Å². The van der Waals surface area contributed by atoms with Gasteiger partial charge in [0.05, 0.1) is 6.61 Å². The van der Waals surface area contributed by atoms with Crippen LogP contribution in [-0.4, -0.2) is 26.6 Å². The van der Waals surface area contributed by atoms with Crippen LogP contribution in [0.4, 0.5) is 0 Å². The largest absolute Gasteiger partial charge is 0.416 e. The van der Waals surface area contributed by atoms with Gasteiger partial charge >= 0.3 is 0 Å². The number of hydrogen-bond donors (Lipinski definition) is 1. The van der Waals surface area contributed by atoms with E-state index in [0.717, 1.165) is 12.2 Å². The molecule has 134 valence electrons. The van der Waals surface area contributed by atoms with E-state index in [-0.39, 0.29) is 6.61 Å². The lowest BCUT2D eigenvalue weighted by Gasteiger charge is -2.70. The molecule has 0 unspecified atom stereocenters. The SMILES string of the molecule is C/C(=C\C12CC(CCO[Si](C(C)C)(C(C)C)C(C)C)(C1)C2)CO. The molecule has 0 heterocycles. The Balaban J connectivity index is 1.87. The second kappa shape index (κ2) is 6.65. The second-order valence-corrected chi connectivity index (χ2v) is 14.9. The first-order valence-corrected chi connectivity index (χ1v) is 11.7. The molecule has 3 rings (SSSR count). The standard InChI is InChI=1S/C20H38O2Si/c1-15(2)23(16(3)4,17(5)6)22-9-8-19-12-20(13-19,14-19)10-18(7)11-21/h10,15-17,21H,8-9,11-14H2,1-7H3/b18-10+. The highest BCUT2D eigenvalue weighted by molar-refractivity contribution is 6.77. The van der Waals surface area contributed by atoms with Crippen LogP contribution >= 0.6 is 0 Å². The van der Waals surface area contributed by atoms with Crippen molar-refractivity contribution in [3.8, 4) is 0 Å². The molecule has 3 fully saturated rings. The Morgan fingerprint density at radius 2 is 1.52 bits per heavy atom. The van der Waals surface area contributed by atoms with E-state index in [1.54, 1.807) is 0 Å². The van der Waals surface area contributed by atoms with Gasteiger partial charge in [-0.05, 0) is 60.1 Å². The van der Waals surface area contributed by atoms with E-state index in [2.05, 4.69) is 47.6 Å². The monoisotopic (exact) mass is 338 g/mol. The van der Waals surface area contributed by atoms with E-state index in [1.807, 2.05) is 6.92 Å². The third-order valence-corrected chi connectivity index (χ3v) is 12.8. The predicted molar refractivity (Wildman–Crippen MR) is 101 cm³/mol. The van der Waals surface area contributed by atoms with Crippen LogP contribution in [0.3, 0.4) is 0 Å². The summed E-state index contributed by atoms with van der Waals surface area (Å²) in [5.41, 5.74) is 4.18. The van der Waals surface area contributed by atoms with Gasteiger partial charge in [-0.2, -0.15) is 0 Å². The van der Waals surface area contributed by atoms with Crippen LogP contribution in [0.25, 0.3) is 0 Å². The molecule has 0 amide bonds. The van der Waals surface area contributed by atoms with Crippen LogP contribution in [0.2, 0.25) is 16.6 Å². The molecular weight excluding hydrogens is 300 g/mol. The van der Waals surface area contributed by atoms with Gasteiger partial charge in [0.25, 0.3) is 0 Å². The molecule has 23 heavy (non-hydrogen) atoms. The van der Waals surface area contributed by atoms with Crippen molar-refractivity contribution < 1.29 is 9.53 Å². The Bertz CT molecular complexity index is 409. The molecule has 2 bridgehead atoms. The second-order valence-electron chi connectivity index (χ2n) is 9.46. The zero-order chi connectivity index (χ0) is 17.5. The maximum absolute atomic E-state index is 9.20. The zero-order valence-corrected chi connectivity index (χ0v) is 17.4. The lowest BCUT2D eigenvalue weighted by molar-refractivity contribution is -0.178. The summed E-state index contributed by atoms with van der Waals surface area (Å²) in [4.78, 5) is 0. The normalized spacial score (nSPS) is 30.8. The zero-order valence-electron chi connectivity index (χ0n) is 16.4. The molecule has 0 aromatic heterocycles. The Labute approximate surface area is 144 Å². The van der Waals surface area contributed by atoms with E-state index in [1.165, 1.54) is 25.7 Å². The van der Waals surface area contributed by atoms with Gasteiger partial charge in [0.1, 0.15) is 0 Å². The smallest absolute Gasteiger partial charge is 0.200 e. The minimum Gasteiger partial charge on any atom is -0.416 e. The van der Waals surface area contributed by atoms with Crippen molar-refractivity contribution in [1.82, 2.24) is 0 Å². The molecule has 3 heteroatoms. The van der Waals surface area contributed by atoms with Crippen molar-refractivity contribution in [3.05, 3.63) is 11.6 Å². The van der Waals surface area contributed by atoms with Crippen LogP contribution in [0, 0.1) is 10.8 Å². The Morgan fingerprint density at radius 3 is 1.91 bits per heavy atom. The van der Waals surface area contributed by atoms with Gasteiger partial charge in [-0.1, -0.05) is 53.2 Å². The summed E-state index contributed by atoms with van der Waals surface area (Å²) in [5, 5.41) is 9.20. The summed E-state index contributed by atoms with van der Waals surface area (Å²) in [6.07, 6.45) is 7.54. The van der Waals surface area contributed by atoms with E-state index in [0.29, 0.717) is 27.5 Å². The van der Waals surface area contributed by atoms with Gasteiger partial charge in [-0.25, -0.2) is 0 Å². The molecule has 0 radical (unpaired) electrons. The van der Waals surface area contributed by atoms with Crippen molar-refractivity contribution in [2.45, 2.75) is 90.8 Å². The van der Waals surface area contributed by atoms with Crippen molar-refractivity contribution in [1.29, 1.82) is 0 Å². The van der Waals surface area contributed by atoms with Crippen molar-refractivity contribution in [3.63, 3.8) is 0 Å². The van der Waals surface area contributed by atoms with Crippen LogP contribution in [-0.2, 0) is 4.43 Å². The molecule has 1 N–H and O–H groups in total. The average molecular weight is 339 g/mol. The summed E-state index contributed by atoms with van der Waals surface area (Å²) in [5.74, 6) is 0. The van der Waals surface area contributed by atoms with Gasteiger partial charge in [0.2, 0.25) is 0 Å². The maximum atomic E-state index is 9.20. The Kier molecular flexibility index (Phi) is 5.55. The third kappa shape index (κ3) is 3.34. The van der Waals surface area contributed by atoms with Crippen LogP contribution in [0.5, 0.6) is 0 Å². The lowest BCUT2D eigenvalue weighted by atomic mass is 9.34. The highest BCUT2D eigenvalue weighted by Gasteiger charge is 2.65. The highest BCUT2D eigenvalue weighted by atomic mass is 28.4. The number of allylic oxidation sites excluding steroid dienone is 1. The summed E-state index contributed by atoms with van der Waals surface area (Å²) in [6.45, 7) is 17.4. The number of rotatable bonds is 9. The van der Waals surface area contributed by atoms with E-state index >= 15 is 0 Å². The van der Waals surface area contributed by atoms with Crippen LogP contribution < -0.4 is 0 Å². The Hall–Kier alpha value is -0.123. The average Bonchev–Trinajstić information content (AvgIpc) is 2.37. The highest BCUT2D eigenvalue weighted by Crippen LogP contribution is 2.75. The molecule has 3 aliphatic rings. The fourth-order valence-electron chi connectivity index (χ4n) is 6.02. The van der Waals surface area contributed by atoms with E-state index in [4.69, 9.17) is 4.43 Å². The van der Waals surface area contributed by atoms with E-state index < -0.39 is 8.32 Å². The fourth-order valence-corrected chi connectivity index (χ4v) is 11.5. The molecular formula is C20H38O2Si. The molecule has 3 saturated carbocycles. The van der Waals surface area contributed by atoms with Crippen molar-refractivity contribution in [2.24, 2.45) is 10.8 Å². The summed E-state index contributed by atoms with van der Waals surface area (Å²) in [6, 6.07) is 0. The third-order valence-electron chi connectivity index (χ3n) is 6.67. The van der Waals surface area contributed by atoms with Gasteiger partial charge < -0.3 is 9.53 Å². The minimum atomic E-state index is -1.69. The molecule has 0 saturated heterocycles. The molecule has 0 spiro atoms. The van der Waals surface area contributed by atoms with Gasteiger partial charge in [0.15, 0.2) is 8.32 Å². The number of aliphatic hydroxyl groups excluding tert-OH is 1. The quantitative estimate of drug-likeness (QED) is 0.433.